The molecule has 1 spiro atoms. The number of amides is 3. The minimum absolute atomic E-state index is 0.0231. The van der Waals surface area contributed by atoms with Crippen molar-refractivity contribution >= 4 is 11.9 Å². The molecular weight excluding hydrogens is 316 g/mol. The summed E-state index contributed by atoms with van der Waals surface area (Å²) in [5.74, 6) is 0.183. The van der Waals surface area contributed by atoms with Gasteiger partial charge in [-0.1, -0.05) is 19.8 Å². The van der Waals surface area contributed by atoms with Crippen LogP contribution in [0.3, 0.4) is 0 Å². The fourth-order valence-electron chi connectivity index (χ4n) is 4.26. The van der Waals surface area contributed by atoms with Crippen molar-refractivity contribution in [2.24, 2.45) is 5.92 Å². The number of hydrogen-bond acceptors (Lipinski definition) is 4. The first-order chi connectivity index (χ1) is 12.1. The Kier molecular flexibility index (Phi) is 4.23. The first-order valence-corrected chi connectivity index (χ1v) is 9.37. The van der Waals surface area contributed by atoms with Crippen LogP contribution in [0.1, 0.15) is 51.0 Å². The van der Waals surface area contributed by atoms with Crippen LogP contribution in [0.15, 0.2) is 24.5 Å². The number of rotatable bonds is 5. The van der Waals surface area contributed by atoms with Gasteiger partial charge in [0.2, 0.25) is 0 Å². The molecule has 0 aromatic carbocycles. The number of imide groups is 1. The Morgan fingerprint density at radius 1 is 1.24 bits per heavy atom. The van der Waals surface area contributed by atoms with Crippen LogP contribution in [0.4, 0.5) is 4.79 Å². The van der Waals surface area contributed by atoms with Crippen LogP contribution in [0.2, 0.25) is 0 Å². The standard InChI is InChI=1S/C19H26N4O2/c1-14-4-2-3-9-19(14)17(24)23(18(25)21-19)13-22(16-5-6-16)12-15-7-10-20-11-8-15/h7-8,10-11,14,16H,2-6,9,12-13H2,1H3,(H,21,25)/t14-,19+/m1/s1. The predicted molar refractivity (Wildman–Crippen MR) is 93.4 cm³/mol. The molecule has 1 N–H and O–H groups in total. The van der Waals surface area contributed by atoms with E-state index in [-0.39, 0.29) is 17.9 Å². The first kappa shape index (κ1) is 16.5. The number of pyridine rings is 1. The lowest BCUT2D eigenvalue weighted by Crippen LogP contribution is -2.54. The lowest BCUT2D eigenvalue weighted by Gasteiger charge is -2.37. The zero-order chi connectivity index (χ0) is 17.4. The van der Waals surface area contributed by atoms with Gasteiger partial charge in [0.25, 0.3) is 5.91 Å². The fraction of sp³-hybridized carbons (Fsp3) is 0.632. The molecule has 25 heavy (non-hydrogen) atoms. The quantitative estimate of drug-likeness (QED) is 0.835. The molecule has 3 fully saturated rings. The molecule has 3 amide bonds. The highest BCUT2D eigenvalue weighted by Crippen LogP contribution is 2.39. The van der Waals surface area contributed by atoms with E-state index >= 15 is 0 Å². The highest BCUT2D eigenvalue weighted by Gasteiger charge is 2.55. The van der Waals surface area contributed by atoms with E-state index in [1.54, 1.807) is 12.4 Å². The topological polar surface area (TPSA) is 65.5 Å². The first-order valence-electron chi connectivity index (χ1n) is 9.37. The number of carbonyl (C=O) groups excluding carboxylic acids is 2. The molecule has 0 radical (unpaired) electrons. The molecule has 2 heterocycles. The Bertz CT molecular complexity index is 661. The number of urea groups is 1. The van der Waals surface area contributed by atoms with Crippen LogP contribution in [-0.2, 0) is 11.3 Å². The summed E-state index contributed by atoms with van der Waals surface area (Å²) < 4.78 is 0. The number of nitrogens with zero attached hydrogens (tertiary/aromatic N) is 3. The highest BCUT2D eigenvalue weighted by molar-refractivity contribution is 6.07. The molecule has 134 valence electrons. The minimum atomic E-state index is -0.665. The normalized spacial score (nSPS) is 29.5. The molecule has 3 aliphatic rings. The van der Waals surface area contributed by atoms with Gasteiger partial charge in [-0.2, -0.15) is 0 Å². The van der Waals surface area contributed by atoms with Crippen molar-refractivity contribution < 1.29 is 9.59 Å². The summed E-state index contributed by atoms with van der Waals surface area (Å²) in [6.45, 7) is 3.22. The van der Waals surface area contributed by atoms with E-state index in [0.29, 0.717) is 12.7 Å². The van der Waals surface area contributed by atoms with Crippen molar-refractivity contribution in [2.75, 3.05) is 6.67 Å². The zero-order valence-electron chi connectivity index (χ0n) is 14.8. The van der Waals surface area contributed by atoms with E-state index in [2.05, 4.69) is 22.1 Å². The van der Waals surface area contributed by atoms with Gasteiger partial charge in [-0.15, -0.1) is 0 Å². The van der Waals surface area contributed by atoms with Crippen LogP contribution in [0, 0.1) is 5.92 Å². The summed E-state index contributed by atoms with van der Waals surface area (Å²) in [6, 6.07) is 4.23. The predicted octanol–water partition coefficient (Wildman–Crippen LogP) is 2.50. The SMILES string of the molecule is C[C@@H]1CCCC[C@]12NC(=O)N(CN(Cc1ccncc1)C1CC1)C2=O. The maximum Gasteiger partial charge on any atom is 0.326 e. The molecule has 2 aliphatic carbocycles. The maximum absolute atomic E-state index is 13.1. The van der Waals surface area contributed by atoms with Crippen molar-refractivity contribution in [3.63, 3.8) is 0 Å². The lowest BCUT2D eigenvalue weighted by molar-refractivity contribution is -0.135. The average molecular weight is 342 g/mol. The van der Waals surface area contributed by atoms with Gasteiger partial charge in [0, 0.05) is 25.0 Å². The van der Waals surface area contributed by atoms with E-state index < -0.39 is 5.54 Å². The number of hydrogen-bond donors (Lipinski definition) is 1. The summed E-state index contributed by atoms with van der Waals surface area (Å²) in [7, 11) is 0. The molecule has 1 saturated heterocycles. The molecule has 2 atom stereocenters. The van der Waals surface area contributed by atoms with Crippen molar-refractivity contribution in [2.45, 2.75) is 63.6 Å². The minimum Gasteiger partial charge on any atom is -0.323 e. The molecule has 0 bridgehead atoms. The third kappa shape index (κ3) is 3.03. The van der Waals surface area contributed by atoms with Gasteiger partial charge in [0.1, 0.15) is 5.54 Å². The Morgan fingerprint density at radius 3 is 2.68 bits per heavy atom. The smallest absolute Gasteiger partial charge is 0.323 e. The highest BCUT2D eigenvalue weighted by atomic mass is 16.2. The van der Waals surface area contributed by atoms with Crippen molar-refractivity contribution in [3.8, 4) is 0 Å². The van der Waals surface area contributed by atoms with Crippen LogP contribution >= 0.6 is 0 Å². The molecule has 4 rings (SSSR count). The Hall–Kier alpha value is -1.95. The largest absolute Gasteiger partial charge is 0.326 e. The van der Waals surface area contributed by atoms with Crippen molar-refractivity contribution in [1.29, 1.82) is 0 Å². The van der Waals surface area contributed by atoms with Crippen molar-refractivity contribution in [3.05, 3.63) is 30.1 Å². The van der Waals surface area contributed by atoms with Gasteiger partial charge in [-0.25, -0.2) is 9.69 Å². The second-order valence-corrected chi connectivity index (χ2v) is 7.76. The molecular formula is C19H26N4O2. The van der Waals surface area contributed by atoms with E-state index in [4.69, 9.17) is 0 Å². The summed E-state index contributed by atoms with van der Waals surface area (Å²) >= 11 is 0. The van der Waals surface area contributed by atoms with Gasteiger partial charge in [0.05, 0.1) is 6.67 Å². The van der Waals surface area contributed by atoms with E-state index in [0.717, 1.165) is 50.6 Å². The molecule has 6 heteroatoms. The van der Waals surface area contributed by atoms with E-state index in [1.807, 2.05) is 12.1 Å². The summed E-state index contributed by atoms with van der Waals surface area (Å²) in [5.41, 5.74) is 0.496. The third-order valence-electron chi connectivity index (χ3n) is 6.02. The monoisotopic (exact) mass is 342 g/mol. The van der Waals surface area contributed by atoms with Crippen LogP contribution in [0.5, 0.6) is 0 Å². The summed E-state index contributed by atoms with van der Waals surface area (Å²) in [5, 5.41) is 3.05. The summed E-state index contributed by atoms with van der Waals surface area (Å²) in [4.78, 5) is 33.5. The molecule has 0 unspecified atom stereocenters. The molecule has 2 saturated carbocycles. The van der Waals surface area contributed by atoms with Crippen LogP contribution in [0.25, 0.3) is 0 Å². The Balaban J connectivity index is 1.50. The second kappa shape index (κ2) is 6.41. The third-order valence-corrected chi connectivity index (χ3v) is 6.02. The number of aromatic nitrogens is 1. The molecule has 1 aromatic heterocycles. The van der Waals surface area contributed by atoms with E-state index in [1.165, 1.54) is 4.90 Å². The lowest BCUT2D eigenvalue weighted by atomic mass is 9.73. The number of nitrogens with one attached hydrogen (secondary N) is 1. The Morgan fingerprint density at radius 2 is 2.00 bits per heavy atom. The maximum atomic E-state index is 13.1. The van der Waals surface area contributed by atoms with E-state index in [9.17, 15) is 9.59 Å². The van der Waals surface area contributed by atoms with Crippen LogP contribution < -0.4 is 5.32 Å². The van der Waals surface area contributed by atoms with Gasteiger partial charge in [0.15, 0.2) is 0 Å². The van der Waals surface area contributed by atoms with Gasteiger partial charge < -0.3 is 5.32 Å². The van der Waals surface area contributed by atoms with Crippen molar-refractivity contribution in [1.82, 2.24) is 20.1 Å². The number of carbonyl (C=O) groups is 2. The van der Waals surface area contributed by atoms with Gasteiger partial charge in [-0.3, -0.25) is 14.7 Å². The summed E-state index contributed by atoms with van der Waals surface area (Å²) in [6.07, 6.45) is 9.76. The average Bonchev–Trinajstić information content (AvgIpc) is 3.42. The molecule has 1 aliphatic heterocycles. The Labute approximate surface area is 148 Å². The second-order valence-electron chi connectivity index (χ2n) is 7.76. The molecule has 6 nitrogen and oxygen atoms in total. The zero-order valence-corrected chi connectivity index (χ0v) is 14.8. The van der Waals surface area contributed by atoms with Gasteiger partial charge >= 0.3 is 6.03 Å². The molecule has 1 aromatic rings. The fourth-order valence-corrected chi connectivity index (χ4v) is 4.26. The van der Waals surface area contributed by atoms with Gasteiger partial charge in [-0.05, 0) is 49.3 Å². The van der Waals surface area contributed by atoms with Crippen LogP contribution in [-0.4, -0.2) is 45.0 Å².